The zero-order valence-corrected chi connectivity index (χ0v) is 14.6. The van der Waals surface area contributed by atoms with E-state index in [0.717, 1.165) is 30.9 Å². The zero-order chi connectivity index (χ0) is 16.7. The van der Waals surface area contributed by atoms with E-state index in [0.29, 0.717) is 6.04 Å². The number of methoxy groups -OCH3 is 2. The van der Waals surface area contributed by atoms with Crippen LogP contribution in [0.2, 0.25) is 0 Å². The molecule has 2 aromatic rings. The highest BCUT2D eigenvalue weighted by Gasteiger charge is 2.13. The van der Waals surface area contributed by atoms with E-state index in [1.165, 1.54) is 11.3 Å². The highest BCUT2D eigenvalue weighted by atomic mass is 16.5. The summed E-state index contributed by atoms with van der Waals surface area (Å²) in [7, 11) is 3.34. The highest BCUT2D eigenvalue weighted by Crippen LogP contribution is 2.32. The Morgan fingerprint density at radius 3 is 2.22 bits per heavy atom. The van der Waals surface area contributed by atoms with Crippen molar-refractivity contribution in [3.05, 3.63) is 54.1 Å². The molecule has 0 radical (unpaired) electrons. The molecule has 0 amide bonds. The SMILES string of the molecule is COc1ccc(N(CCCc2ccccc2)C(C)C)cc1OC. The van der Waals surface area contributed by atoms with Crippen LogP contribution in [0.5, 0.6) is 11.5 Å². The molecule has 0 aliphatic heterocycles. The van der Waals surface area contributed by atoms with Crippen LogP contribution in [0.15, 0.2) is 48.5 Å². The molecule has 3 heteroatoms. The van der Waals surface area contributed by atoms with E-state index in [-0.39, 0.29) is 0 Å². The van der Waals surface area contributed by atoms with E-state index in [2.05, 4.69) is 61.2 Å². The summed E-state index contributed by atoms with van der Waals surface area (Å²) in [4.78, 5) is 2.41. The predicted molar refractivity (Wildman–Crippen MR) is 96.8 cm³/mol. The first kappa shape index (κ1) is 17.2. The number of anilines is 1. The summed E-state index contributed by atoms with van der Waals surface area (Å²) in [5.41, 5.74) is 2.56. The number of hydrogen-bond donors (Lipinski definition) is 0. The van der Waals surface area contributed by atoms with Crippen LogP contribution >= 0.6 is 0 Å². The van der Waals surface area contributed by atoms with E-state index in [1.807, 2.05) is 6.07 Å². The summed E-state index contributed by atoms with van der Waals surface area (Å²) in [6.07, 6.45) is 2.22. The van der Waals surface area contributed by atoms with Gasteiger partial charge in [-0.1, -0.05) is 30.3 Å². The minimum absolute atomic E-state index is 0.434. The number of benzene rings is 2. The van der Waals surface area contributed by atoms with Crippen molar-refractivity contribution in [1.29, 1.82) is 0 Å². The first-order chi connectivity index (χ1) is 11.2. The Balaban J connectivity index is 2.06. The lowest BCUT2D eigenvalue weighted by atomic mass is 10.1. The molecule has 2 rings (SSSR count). The molecule has 3 nitrogen and oxygen atoms in total. The lowest BCUT2D eigenvalue weighted by Gasteiger charge is -2.29. The Bertz CT molecular complexity index is 596. The van der Waals surface area contributed by atoms with Crippen LogP contribution in [0.3, 0.4) is 0 Å². The van der Waals surface area contributed by atoms with Crippen molar-refractivity contribution in [2.45, 2.75) is 32.7 Å². The van der Waals surface area contributed by atoms with Crippen LogP contribution in [-0.2, 0) is 6.42 Å². The molecular weight excluding hydrogens is 286 g/mol. The van der Waals surface area contributed by atoms with Crippen LogP contribution in [0, 0.1) is 0 Å². The van der Waals surface area contributed by atoms with Crippen molar-refractivity contribution in [2.75, 3.05) is 25.7 Å². The standard InChI is InChI=1S/C20H27NO2/c1-16(2)21(14-8-11-17-9-6-5-7-10-17)18-12-13-19(22-3)20(15-18)23-4/h5-7,9-10,12-13,15-16H,8,11,14H2,1-4H3. The third kappa shape index (κ3) is 4.65. The van der Waals surface area contributed by atoms with Gasteiger partial charge < -0.3 is 14.4 Å². The van der Waals surface area contributed by atoms with Gasteiger partial charge in [0.15, 0.2) is 11.5 Å². The predicted octanol–water partition coefficient (Wildman–Crippen LogP) is 4.55. The number of hydrogen-bond acceptors (Lipinski definition) is 3. The van der Waals surface area contributed by atoms with E-state index in [9.17, 15) is 0 Å². The second-order valence-electron chi connectivity index (χ2n) is 5.92. The first-order valence-corrected chi connectivity index (χ1v) is 8.18. The van der Waals surface area contributed by atoms with Crippen LogP contribution in [0.4, 0.5) is 5.69 Å². The van der Waals surface area contributed by atoms with E-state index >= 15 is 0 Å². The maximum atomic E-state index is 5.43. The lowest BCUT2D eigenvalue weighted by Crippen LogP contribution is -2.32. The van der Waals surface area contributed by atoms with Crippen molar-refractivity contribution >= 4 is 5.69 Å². The second-order valence-corrected chi connectivity index (χ2v) is 5.92. The maximum Gasteiger partial charge on any atom is 0.162 e. The molecule has 0 bridgehead atoms. The second kappa shape index (κ2) is 8.47. The fourth-order valence-corrected chi connectivity index (χ4v) is 2.79. The Kier molecular flexibility index (Phi) is 6.33. The van der Waals surface area contributed by atoms with Gasteiger partial charge >= 0.3 is 0 Å². The molecule has 0 saturated heterocycles. The van der Waals surface area contributed by atoms with Crippen molar-refractivity contribution in [1.82, 2.24) is 0 Å². The summed E-state index contributed by atoms with van der Waals surface area (Å²) in [5.74, 6) is 1.54. The molecule has 0 aliphatic carbocycles. The molecule has 0 saturated carbocycles. The third-order valence-corrected chi connectivity index (χ3v) is 4.03. The van der Waals surface area contributed by atoms with E-state index in [1.54, 1.807) is 14.2 Å². The van der Waals surface area contributed by atoms with Gasteiger partial charge in [0.1, 0.15) is 0 Å². The van der Waals surface area contributed by atoms with Gasteiger partial charge in [-0.15, -0.1) is 0 Å². The van der Waals surface area contributed by atoms with Gasteiger partial charge in [-0.05, 0) is 44.4 Å². The van der Waals surface area contributed by atoms with Crippen molar-refractivity contribution in [3.63, 3.8) is 0 Å². The molecule has 0 heterocycles. The van der Waals surface area contributed by atoms with Crippen LogP contribution < -0.4 is 14.4 Å². The maximum absolute atomic E-state index is 5.43. The minimum Gasteiger partial charge on any atom is -0.493 e. The summed E-state index contributed by atoms with van der Waals surface area (Å²) < 4.78 is 10.8. The summed E-state index contributed by atoms with van der Waals surface area (Å²) in [6.45, 7) is 5.46. The molecule has 0 unspecified atom stereocenters. The van der Waals surface area contributed by atoms with Crippen LogP contribution in [-0.4, -0.2) is 26.8 Å². The van der Waals surface area contributed by atoms with Crippen LogP contribution in [0.25, 0.3) is 0 Å². The fourth-order valence-electron chi connectivity index (χ4n) is 2.79. The topological polar surface area (TPSA) is 21.7 Å². The minimum atomic E-state index is 0.434. The molecule has 0 aromatic heterocycles. The van der Waals surface area contributed by atoms with Gasteiger partial charge in [0.2, 0.25) is 0 Å². The molecule has 0 aliphatic rings. The monoisotopic (exact) mass is 313 g/mol. The summed E-state index contributed by atoms with van der Waals surface area (Å²) in [6, 6.07) is 17.2. The number of nitrogens with zero attached hydrogens (tertiary/aromatic N) is 1. The normalized spacial score (nSPS) is 10.7. The molecule has 124 valence electrons. The lowest BCUT2D eigenvalue weighted by molar-refractivity contribution is 0.355. The van der Waals surface area contributed by atoms with E-state index < -0.39 is 0 Å². The largest absolute Gasteiger partial charge is 0.493 e. The Hall–Kier alpha value is -2.16. The molecular formula is C20H27NO2. The number of rotatable bonds is 8. The molecule has 0 atom stereocenters. The molecule has 0 fully saturated rings. The van der Waals surface area contributed by atoms with Gasteiger partial charge in [0.05, 0.1) is 14.2 Å². The van der Waals surface area contributed by atoms with Crippen molar-refractivity contribution in [2.24, 2.45) is 0 Å². The molecule has 23 heavy (non-hydrogen) atoms. The Morgan fingerprint density at radius 1 is 0.913 bits per heavy atom. The quantitative estimate of drug-likeness (QED) is 0.713. The zero-order valence-electron chi connectivity index (χ0n) is 14.6. The van der Waals surface area contributed by atoms with Crippen molar-refractivity contribution < 1.29 is 9.47 Å². The Morgan fingerprint density at radius 2 is 1.61 bits per heavy atom. The van der Waals surface area contributed by atoms with Crippen molar-refractivity contribution in [3.8, 4) is 11.5 Å². The summed E-state index contributed by atoms with van der Waals surface area (Å²) >= 11 is 0. The van der Waals surface area contributed by atoms with Gasteiger partial charge in [-0.3, -0.25) is 0 Å². The molecule has 0 spiro atoms. The number of ether oxygens (including phenoxy) is 2. The Labute approximate surface area is 139 Å². The first-order valence-electron chi connectivity index (χ1n) is 8.18. The smallest absolute Gasteiger partial charge is 0.162 e. The van der Waals surface area contributed by atoms with Crippen LogP contribution in [0.1, 0.15) is 25.8 Å². The van der Waals surface area contributed by atoms with E-state index in [4.69, 9.17) is 9.47 Å². The van der Waals surface area contributed by atoms with Gasteiger partial charge in [0.25, 0.3) is 0 Å². The van der Waals surface area contributed by atoms with Gasteiger partial charge in [-0.2, -0.15) is 0 Å². The summed E-state index contributed by atoms with van der Waals surface area (Å²) in [5, 5.41) is 0. The highest BCUT2D eigenvalue weighted by molar-refractivity contribution is 5.56. The third-order valence-electron chi connectivity index (χ3n) is 4.03. The number of aryl methyl sites for hydroxylation is 1. The molecule has 0 N–H and O–H groups in total. The average Bonchev–Trinajstić information content (AvgIpc) is 2.58. The molecule has 2 aromatic carbocycles. The van der Waals surface area contributed by atoms with Gasteiger partial charge in [-0.25, -0.2) is 0 Å². The van der Waals surface area contributed by atoms with Gasteiger partial charge in [0, 0.05) is 24.3 Å². The fraction of sp³-hybridized carbons (Fsp3) is 0.400. The average molecular weight is 313 g/mol.